The lowest BCUT2D eigenvalue weighted by Crippen LogP contribution is -2.02. The molecule has 84 valence electrons. The minimum Gasteiger partial charge on any atom is -0.400 e. The Labute approximate surface area is 85.2 Å². The van der Waals surface area contributed by atoms with Gasteiger partial charge in [0, 0.05) is 20.0 Å². The first-order chi connectivity index (χ1) is 6.89. The second kappa shape index (κ2) is 10.6. The van der Waals surface area contributed by atoms with Crippen molar-refractivity contribution in [1.82, 2.24) is 0 Å². The molecule has 1 heterocycles. The van der Waals surface area contributed by atoms with Crippen LogP contribution in [0.2, 0.25) is 0 Å². The molecule has 0 unspecified atom stereocenters. The van der Waals surface area contributed by atoms with Crippen molar-refractivity contribution in [2.45, 2.75) is 32.1 Å². The van der Waals surface area contributed by atoms with Crippen LogP contribution in [-0.2, 0) is 14.3 Å². The first-order valence-corrected chi connectivity index (χ1v) is 5.01. The Bertz CT molecular complexity index is 116. The molecule has 0 amide bonds. The molecule has 0 atom stereocenters. The van der Waals surface area contributed by atoms with E-state index in [1.165, 1.54) is 6.42 Å². The van der Waals surface area contributed by atoms with Crippen LogP contribution in [-0.4, -0.2) is 38.0 Å². The van der Waals surface area contributed by atoms with Gasteiger partial charge in [0.15, 0.2) is 0 Å². The molecule has 2 aliphatic rings. The summed E-state index contributed by atoms with van der Waals surface area (Å²) in [5, 5.41) is 7.00. The van der Waals surface area contributed by atoms with E-state index in [4.69, 9.17) is 14.6 Å². The van der Waals surface area contributed by atoms with Crippen molar-refractivity contribution in [2.24, 2.45) is 0 Å². The molecule has 4 heteroatoms. The molecule has 0 aromatic carbocycles. The number of ether oxygens (including phenoxy) is 2. The first-order valence-electron chi connectivity index (χ1n) is 5.01. The summed E-state index contributed by atoms with van der Waals surface area (Å²) in [5.74, 6) is 0.464. The third-order valence-corrected chi connectivity index (χ3v) is 1.95. The molecule has 2 rings (SSSR count). The van der Waals surface area contributed by atoms with Crippen molar-refractivity contribution in [3.05, 3.63) is 0 Å². The summed E-state index contributed by atoms with van der Waals surface area (Å²) in [5.41, 5.74) is 0. The van der Waals surface area contributed by atoms with Gasteiger partial charge in [-0.05, 0) is 12.8 Å². The Morgan fingerprint density at radius 2 is 1.50 bits per heavy atom. The van der Waals surface area contributed by atoms with Crippen molar-refractivity contribution in [3.8, 4) is 0 Å². The van der Waals surface area contributed by atoms with E-state index in [-0.39, 0.29) is 0 Å². The normalized spacial score (nSPS) is 20.3. The smallest absolute Gasteiger partial charge is 0.146 e. The summed E-state index contributed by atoms with van der Waals surface area (Å²) in [4.78, 5) is 10.5. The van der Waals surface area contributed by atoms with Gasteiger partial charge in [-0.1, -0.05) is 6.42 Å². The summed E-state index contributed by atoms with van der Waals surface area (Å²) >= 11 is 0. The van der Waals surface area contributed by atoms with E-state index >= 15 is 0 Å². The summed E-state index contributed by atoms with van der Waals surface area (Å²) in [6, 6.07) is 0. The zero-order valence-electron chi connectivity index (χ0n) is 8.83. The molecule has 0 aromatic heterocycles. The fourth-order valence-corrected chi connectivity index (χ4v) is 1.24. The van der Waals surface area contributed by atoms with Crippen LogP contribution in [0.5, 0.6) is 0 Å². The summed E-state index contributed by atoms with van der Waals surface area (Å²) < 4.78 is 9.44. The highest BCUT2D eigenvalue weighted by Crippen LogP contribution is 2.12. The zero-order valence-corrected chi connectivity index (χ0v) is 8.83. The van der Waals surface area contributed by atoms with E-state index in [0.29, 0.717) is 12.6 Å². The van der Waals surface area contributed by atoms with E-state index in [2.05, 4.69) is 0 Å². The van der Waals surface area contributed by atoms with Crippen molar-refractivity contribution >= 4 is 5.78 Å². The van der Waals surface area contributed by atoms with Gasteiger partial charge in [-0.3, -0.25) is 4.79 Å². The number of hydrogen-bond acceptors (Lipinski definition) is 4. The number of ketones is 1. The van der Waals surface area contributed by atoms with Crippen LogP contribution in [0.15, 0.2) is 0 Å². The lowest BCUT2D eigenvalue weighted by molar-refractivity contribution is -0.120. The largest absolute Gasteiger partial charge is 0.400 e. The van der Waals surface area contributed by atoms with Crippen LogP contribution in [0.1, 0.15) is 32.1 Å². The summed E-state index contributed by atoms with van der Waals surface area (Å²) in [6.45, 7) is 2.06. The SMILES string of the molecule is C1COCO1.CO.O=C1CCCCC1. The molecular formula is C10H20O4. The van der Waals surface area contributed by atoms with Gasteiger partial charge >= 0.3 is 0 Å². The van der Waals surface area contributed by atoms with E-state index in [1.54, 1.807) is 0 Å². The molecule has 1 saturated heterocycles. The quantitative estimate of drug-likeness (QED) is 0.642. The highest BCUT2D eigenvalue weighted by molar-refractivity contribution is 5.78. The van der Waals surface area contributed by atoms with Gasteiger partial charge in [0.05, 0.1) is 13.2 Å². The highest BCUT2D eigenvalue weighted by Gasteiger charge is 2.05. The molecule has 1 saturated carbocycles. The third-order valence-electron chi connectivity index (χ3n) is 1.95. The molecule has 0 spiro atoms. The van der Waals surface area contributed by atoms with Crippen LogP contribution in [0, 0.1) is 0 Å². The van der Waals surface area contributed by atoms with Crippen LogP contribution in [0.3, 0.4) is 0 Å². The molecule has 14 heavy (non-hydrogen) atoms. The predicted octanol–water partition coefficient (Wildman–Crippen LogP) is 1.12. The number of hydrogen-bond donors (Lipinski definition) is 1. The van der Waals surface area contributed by atoms with E-state index in [1.807, 2.05) is 0 Å². The fourth-order valence-electron chi connectivity index (χ4n) is 1.24. The standard InChI is InChI=1S/C6H10O.C3H6O2.CH4O/c7-6-4-2-1-3-5-6;1-2-5-3-4-1;1-2/h1-5H2;1-3H2;2H,1H3. The molecule has 1 N–H and O–H groups in total. The van der Waals surface area contributed by atoms with Gasteiger partial charge in [-0.25, -0.2) is 0 Å². The molecule has 0 bridgehead atoms. The van der Waals surface area contributed by atoms with Crippen molar-refractivity contribution in [2.75, 3.05) is 27.1 Å². The zero-order chi connectivity index (χ0) is 10.6. The average molecular weight is 204 g/mol. The van der Waals surface area contributed by atoms with E-state index in [9.17, 15) is 4.79 Å². The number of aliphatic hydroxyl groups is 1. The Balaban J connectivity index is 0.000000213. The van der Waals surface area contributed by atoms with Crippen LogP contribution in [0.4, 0.5) is 0 Å². The Morgan fingerprint density at radius 3 is 1.71 bits per heavy atom. The van der Waals surface area contributed by atoms with Crippen LogP contribution >= 0.6 is 0 Å². The predicted molar refractivity (Wildman–Crippen MR) is 53.0 cm³/mol. The minimum atomic E-state index is 0.464. The topological polar surface area (TPSA) is 55.8 Å². The van der Waals surface area contributed by atoms with Gasteiger partial charge in [0.1, 0.15) is 12.6 Å². The first kappa shape index (κ1) is 13.5. The Hall–Kier alpha value is -0.450. The minimum absolute atomic E-state index is 0.464. The molecule has 0 radical (unpaired) electrons. The summed E-state index contributed by atoms with van der Waals surface area (Å²) in [6.07, 6.45) is 5.24. The molecule has 4 nitrogen and oxygen atoms in total. The number of Topliss-reactive ketones (excluding diaryl/α,β-unsaturated/α-hetero) is 1. The molecule has 1 aliphatic carbocycles. The third kappa shape index (κ3) is 8.16. The van der Waals surface area contributed by atoms with Crippen molar-refractivity contribution in [1.29, 1.82) is 0 Å². The number of aliphatic hydroxyl groups excluding tert-OH is 1. The maximum Gasteiger partial charge on any atom is 0.146 e. The van der Waals surface area contributed by atoms with Crippen molar-refractivity contribution in [3.63, 3.8) is 0 Å². The van der Waals surface area contributed by atoms with Gasteiger partial charge in [0.2, 0.25) is 0 Å². The number of carbonyl (C=O) groups is 1. The molecule has 0 aromatic rings. The number of rotatable bonds is 0. The summed E-state index contributed by atoms with van der Waals surface area (Å²) in [7, 11) is 1.00. The highest BCUT2D eigenvalue weighted by atomic mass is 16.7. The van der Waals surface area contributed by atoms with Crippen LogP contribution in [0.25, 0.3) is 0 Å². The molecule has 1 aliphatic heterocycles. The van der Waals surface area contributed by atoms with Gasteiger partial charge in [-0.15, -0.1) is 0 Å². The van der Waals surface area contributed by atoms with Gasteiger partial charge < -0.3 is 14.6 Å². The Morgan fingerprint density at radius 1 is 1.00 bits per heavy atom. The maximum absolute atomic E-state index is 10.5. The molecular weight excluding hydrogens is 184 g/mol. The second-order valence-corrected chi connectivity index (χ2v) is 3.03. The molecule has 2 fully saturated rings. The second-order valence-electron chi connectivity index (χ2n) is 3.03. The average Bonchev–Trinajstić information content (AvgIpc) is 2.80. The lowest BCUT2D eigenvalue weighted by Gasteiger charge is -2.05. The van der Waals surface area contributed by atoms with E-state index in [0.717, 1.165) is 46.0 Å². The van der Waals surface area contributed by atoms with Gasteiger partial charge in [0.25, 0.3) is 0 Å². The van der Waals surface area contributed by atoms with E-state index < -0.39 is 0 Å². The Kier molecular flexibility index (Phi) is 10.3. The monoisotopic (exact) mass is 204 g/mol. The van der Waals surface area contributed by atoms with Crippen LogP contribution < -0.4 is 0 Å². The van der Waals surface area contributed by atoms with Crippen molar-refractivity contribution < 1.29 is 19.4 Å². The van der Waals surface area contributed by atoms with Gasteiger partial charge in [-0.2, -0.15) is 0 Å². The lowest BCUT2D eigenvalue weighted by atomic mass is 10.00. The number of carbonyl (C=O) groups excluding carboxylic acids is 1. The fraction of sp³-hybridized carbons (Fsp3) is 0.900. The maximum atomic E-state index is 10.5.